The molecular weight excluding hydrogens is 354 g/mol. The second kappa shape index (κ2) is 8.49. The monoisotopic (exact) mass is 379 g/mol. The quantitative estimate of drug-likeness (QED) is 0.575. The van der Waals surface area contributed by atoms with Crippen LogP contribution in [0.25, 0.3) is 0 Å². The summed E-state index contributed by atoms with van der Waals surface area (Å²) in [6.07, 6.45) is -0.536. The van der Waals surface area contributed by atoms with Crippen LogP contribution >= 0.6 is 12.2 Å². The lowest BCUT2D eigenvalue weighted by atomic mass is 9.97. The number of benzene rings is 1. The standard InChI is InChI=1S/C19H25NO5S/c1-11(2)13-6-5-7-14-18(13)25-17(12(3)4)19(26)20(14)10-16(23)24-9-8-15(21)22/h5-7,11-12,17H,8-10H2,1-4H3,(H,21,22)/t17-/m0/s1. The van der Waals surface area contributed by atoms with E-state index >= 15 is 0 Å². The number of carboxylic acid groups (broad SMARTS) is 1. The van der Waals surface area contributed by atoms with Gasteiger partial charge >= 0.3 is 11.9 Å². The Kier molecular flexibility index (Phi) is 6.58. The highest BCUT2D eigenvalue weighted by Gasteiger charge is 2.35. The third-order valence-electron chi connectivity index (χ3n) is 4.16. The molecule has 26 heavy (non-hydrogen) atoms. The summed E-state index contributed by atoms with van der Waals surface area (Å²) in [5.41, 5.74) is 1.80. The molecule has 1 atom stereocenters. The van der Waals surface area contributed by atoms with E-state index in [1.165, 1.54) is 0 Å². The lowest BCUT2D eigenvalue weighted by Crippen LogP contribution is -2.49. The molecule has 1 aliphatic rings. The number of carbonyl (C=O) groups is 2. The molecule has 0 radical (unpaired) electrons. The smallest absolute Gasteiger partial charge is 0.326 e. The van der Waals surface area contributed by atoms with Crippen molar-refractivity contribution in [1.82, 2.24) is 0 Å². The molecule has 0 bridgehead atoms. The molecule has 1 aromatic carbocycles. The van der Waals surface area contributed by atoms with E-state index in [-0.39, 0.29) is 37.5 Å². The van der Waals surface area contributed by atoms with Gasteiger partial charge in [-0.05, 0) is 23.5 Å². The van der Waals surface area contributed by atoms with E-state index in [0.29, 0.717) is 4.99 Å². The van der Waals surface area contributed by atoms with Gasteiger partial charge in [0.1, 0.15) is 23.9 Å². The van der Waals surface area contributed by atoms with Crippen LogP contribution in [0.2, 0.25) is 0 Å². The summed E-state index contributed by atoms with van der Waals surface area (Å²) in [6, 6.07) is 5.80. The average Bonchev–Trinajstić information content (AvgIpc) is 2.55. The third kappa shape index (κ3) is 4.52. The van der Waals surface area contributed by atoms with Gasteiger partial charge in [0, 0.05) is 0 Å². The number of fused-ring (bicyclic) bond motifs is 1. The van der Waals surface area contributed by atoms with Gasteiger partial charge < -0.3 is 19.5 Å². The number of hydrogen-bond acceptors (Lipinski definition) is 5. The van der Waals surface area contributed by atoms with E-state index in [9.17, 15) is 9.59 Å². The fourth-order valence-electron chi connectivity index (χ4n) is 2.80. The first-order valence-electron chi connectivity index (χ1n) is 8.70. The van der Waals surface area contributed by atoms with Crippen LogP contribution in [-0.2, 0) is 14.3 Å². The number of anilines is 1. The van der Waals surface area contributed by atoms with Crippen molar-refractivity contribution in [3.8, 4) is 5.75 Å². The van der Waals surface area contributed by atoms with Crippen LogP contribution in [-0.4, -0.2) is 41.3 Å². The van der Waals surface area contributed by atoms with Crippen LogP contribution in [0.1, 0.15) is 45.6 Å². The van der Waals surface area contributed by atoms with Crippen LogP contribution in [0, 0.1) is 5.92 Å². The number of thiocarbonyl (C=S) groups is 1. The molecular formula is C19H25NO5S. The Morgan fingerprint density at radius 2 is 2.00 bits per heavy atom. The minimum Gasteiger partial charge on any atom is -0.481 e. The van der Waals surface area contributed by atoms with Crippen molar-refractivity contribution in [1.29, 1.82) is 0 Å². The summed E-state index contributed by atoms with van der Waals surface area (Å²) in [6.45, 7) is 7.98. The van der Waals surface area contributed by atoms with Crippen molar-refractivity contribution in [3.63, 3.8) is 0 Å². The molecule has 0 aromatic heterocycles. The maximum absolute atomic E-state index is 12.2. The van der Waals surface area contributed by atoms with Crippen molar-refractivity contribution in [2.24, 2.45) is 5.92 Å². The first-order valence-corrected chi connectivity index (χ1v) is 9.11. The van der Waals surface area contributed by atoms with Crippen molar-refractivity contribution in [2.75, 3.05) is 18.1 Å². The summed E-state index contributed by atoms with van der Waals surface area (Å²) in [5, 5.41) is 8.66. The first kappa shape index (κ1) is 20.2. The molecule has 2 rings (SSSR count). The zero-order chi connectivity index (χ0) is 19.4. The molecule has 1 N–H and O–H groups in total. The number of carboxylic acids is 1. The Balaban J connectivity index is 2.29. The van der Waals surface area contributed by atoms with Gasteiger partial charge in [0.05, 0.1) is 12.1 Å². The van der Waals surface area contributed by atoms with Gasteiger partial charge in [-0.3, -0.25) is 9.59 Å². The van der Waals surface area contributed by atoms with E-state index < -0.39 is 11.9 Å². The molecule has 0 aliphatic carbocycles. The molecule has 6 nitrogen and oxygen atoms in total. The van der Waals surface area contributed by atoms with E-state index in [1.54, 1.807) is 4.90 Å². The largest absolute Gasteiger partial charge is 0.481 e. The molecule has 0 amide bonds. The van der Waals surface area contributed by atoms with Gasteiger partial charge in [-0.25, -0.2) is 0 Å². The Morgan fingerprint density at radius 1 is 1.31 bits per heavy atom. The predicted octanol–water partition coefficient (Wildman–Crippen LogP) is 3.38. The summed E-state index contributed by atoms with van der Waals surface area (Å²) < 4.78 is 11.2. The second-order valence-electron chi connectivity index (χ2n) is 6.92. The van der Waals surface area contributed by atoms with Crippen LogP contribution < -0.4 is 9.64 Å². The Hall–Kier alpha value is -2.15. The summed E-state index contributed by atoms with van der Waals surface area (Å²) >= 11 is 5.58. The average molecular weight is 379 g/mol. The Labute approximate surface area is 159 Å². The summed E-state index contributed by atoms with van der Waals surface area (Å²) in [5.74, 6) is -0.381. The van der Waals surface area contributed by atoms with Gasteiger partial charge in [0.2, 0.25) is 0 Å². The SMILES string of the molecule is CC(C)c1cccc2c1O[C@@H](C(C)C)C(=S)N2CC(=O)OCCC(=O)O. The molecule has 7 heteroatoms. The molecule has 0 saturated carbocycles. The highest BCUT2D eigenvalue weighted by Crippen LogP contribution is 2.41. The number of hydrogen-bond donors (Lipinski definition) is 1. The molecule has 1 aliphatic heterocycles. The van der Waals surface area contributed by atoms with Crippen LogP contribution in [0.15, 0.2) is 18.2 Å². The molecule has 0 unspecified atom stereocenters. The van der Waals surface area contributed by atoms with Gasteiger partial charge in [0.25, 0.3) is 0 Å². The lowest BCUT2D eigenvalue weighted by molar-refractivity contribution is -0.145. The van der Waals surface area contributed by atoms with E-state index in [2.05, 4.69) is 13.8 Å². The predicted molar refractivity (Wildman–Crippen MR) is 103 cm³/mol. The number of nitrogens with zero attached hydrogens (tertiary/aromatic N) is 1. The maximum atomic E-state index is 12.2. The van der Waals surface area contributed by atoms with E-state index in [4.69, 9.17) is 26.8 Å². The molecule has 0 fully saturated rings. The normalized spacial score (nSPS) is 16.5. The molecule has 0 spiro atoms. The fraction of sp³-hybridized carbons (Fsp3) is 0.526. The van der Waals surface area contributed by atoms with Gasteiger partial charge in [0.15, 0.2) is 6.10 Å². The van der Waals surface area contributed by atoms with E-state index in [0.717, 1.165) is 17.0 Å². The molecule has 142 valence electrons. The zero-order valence-corrected chi connectivity index (χ0v) is 16.3. The number of carbonyl (C=O) groups excluding carboxylic acids is 1. The Bertz CT molecular complexity index is 701. The first-order chi connectivity index (χ1) is 12.2. The molecule has 1 aromatic rings. The minimum absolute atomic E-state index is 0.0699. The number of rotatable bonds is 7. The van der Waals surface area contributed by atoms with Crippen molar-refractivity contribution < 1.29 is 24.2 Å². The molecule has 0 saturated heterocycles. The third-order valence-corrected chi connectivity index (χ3v) is 4.62. The maximum Gasteiger partial charge on any atom is 0.326 e. The highest BCUT2D eigenvalue weighted by molar-refractivity contribution is 7.80. The van der Waals surface area contributed by atoms with Gasteiger partial charge in [-0.2, -0.15) is 0 Å². The van der Waals surface area contributed by atoms with Crippen LogP contribution in [0.5, 0.6) is 5.75 Å². The minimum atomic E-state index is -1.01. The lowest BCUT2D eigenvalue weighted by Gasteiger charge is -2.39. The van der Waals surface area contributed by atoms with Crippen molar-refractivity contribution >= 4 is 34.8 Å². The number of para-hydroxylation sites is 1. The number of ether oxygens (including phenoxy) is 2. The number of esters is 1. The number of aliphatic carboxylic acids is 1. The summed E-state index contributed by atoms with van der Waals surface area (Å²) in [4.78, 5) is 25.0. The van der Waals surface area contributed by atoms with Gasteiger partial charge in [-0.15, -0.1) is 0 Å². The van der Waals surface area contributed by atoms with Crippen LogP contribution in [0.4, 0.5) is 5.69 Å². The van der Waals surface area contributed by atoms with Crippen LogP contribution in [0.3, 0.4) is 0 Å². The van der Waals surface area contributed by atoms with Crippen molar-refractivity contribution in [3.05, 3.63) is 23.8 Å². The van der Waals surface area contributed by atoms with E-state index in [1.807, 2.05) is 32.0 Å². The topological polar surface area (TPSA) is 76.1 Å². The highest BCUT2D eigenvalue weighted by atomic mass is 32.1. The fourth-order valence-corrected chi connectivity index (χ4v) is 3.28. The zero-order valence-electron chi connectivity index (χ0n) is 15.5. The molecule has 1 heterocycles. The Morgan fingerprint density at radius 3 is 2.58 bits per heavy atom. The summed E-state index contributed by atoms with van der Waals surface area (Å²) in [7, 11) is 0. The van der Waals surface area contributed by atoms with Crippen molar-refractivity contribution in [2.45, 2.75) is 46.1 Å². The van der Waals surface area contributed by atoms with Gasteiger partial charge in [-0.1, -0.05) is 52.0 Å². The second-order valence-corrected chi connectivity index (χ2v) is 7.34.